The van der Waals surface area contributed by atoms with Gasteiger partial charge in [-0.15, -0.1) is 0 Å². The van der Waals surface area contributed by atoms with Crippen LogP contribution in [0.3, 0.4) is 0 Å². The van der Waals surface area contributed by atoms with Crippen LogP contribution in [0.15, 0.2) is 30.5 Å². The van der Waals surface area contributed by atoms with Gasteiger partial charge in [0.05, 0.1) is 5.69 Å². The minimum absolute atomic E-state index is 0.339. The van der Waals surface area contributed by atoms with E-state index in [9.17, 15) is 0 Å². The van der Waals surface area contributed by atoms with Crippen molar-refractivity contribution in [1.82, 2.24) is 14.9 Å². The molecule has 0 amide bonds. The molecule has 1 fully saturated rings. The summed E-state index contributed by atoms with van der Waals surface area (Å²) in [7, 11) is 3.98. The van der Waals surface area contributed by atoms with E-state index in [2.05, 4.69) is 36.7 Å². The van der Waals surface area contributed by atoms with Crippen LogP contribution in [0, 0.1) is 5.41 Å². The monoisotopic (exact) mass is 386 g/mol. The van der Waals surface area contributed by atoms with Crippen molar-refractivity contribution in [2.75, 3.05) is 38.6 Å². The summed E-state index contributed by atoms with van der Waals surface area (Å²) in [5.41, 5.74) is 3.70. The highest BCUT2D eigenvalue weighted by molar-refractivity contribution is 6.30. The van der Waals surface area contributed by atoms with Crippen LogP contribution in [-0.2, 0) is 0 Å². The number of rotatable bonds is 4. The Morgan fingerprint density at radius 3 is 2.48 bits per heavy atom. The molecule has 0 N–H and O–H groups in total. The van der Waals surface area contributed by atoms with Crippen LogP contribution in [0.2, 0.25) is 5.02 Å². The van der Waals surface area contributed by atoms with E-state index in [1.165, 1.54) is 0 Å². The van der Waals surface area contributed by atoms with Crippen molar-refractivity contribution in [2.45, 2.75) is 39.5 Å². The molecule has 0 radical (unpaired) electrons. The van der Waals surface area contributed by atoms with Crippen LogP contribution < -0.4 is 4.90 Å². The van der Waals surface area contributed by atoms with Gasteiger partial charge in [-0.2, -0.15) is 0 Å². The Labute approximate surface area is 168 Å². The third-order valence-electron chi connectivity index (χ3n) is 5.01. The third kappa shape index (κ3) is 5.20. The SMILES string of the molecule is CN(C)c1ncc(-c2cccc(Cl)c2)c(C2CCN(CC(C)(C)C)CC2)n1. The van der Waals surface area contributed by atoms with Gasteiger partial charge in [0.2, 0.25) is 5.95 Å². The Morgan fingerprint density at radius 2 is 1.89 bits per heavy atom. The minimum atomic E-state index is 0.339. The predicted molar refractivity (Wildman–Crippen MR) is 115 cm³/mol. The molecule has 1 aliphatic rings. The van der Waals surface area contributed by atoms with Crippen LogP contribution in [0.25, 0.3) is 11.1 Å². The fraction of sp³-hybridized carbons (Fsp3) is 0.545. The first-order chi connectivity index (χ1) is 12.7. The molecule has 27 heavy (non-hydrogen) atoms. The van der Waals surface area contributed by atoms with Crippen LogP contribution in [0.1, 0.15) is 45.2 Å². The topological polar surface area (TPSA) is 32.3 Å². The number of piperidine rings is 1. The van der Waals surface area contributed by atoms with Gasteiger partial charge in [-0.3, -0.25) is 0 Å². The molecule has 2 aromatic rings. The second kappa shape index (κ2) is 8.15. The quantitative estimate of drug-likeness (QED) is 0.732. The first-order valence-corrected chi connectivity index (χ1v) is 10.1. The van der Waals surface area contributed by atoms with Crippen molar-refractivity contribution in [3.63, 3.8) is 0 Å². The maximum Gasteiger partial charge on any atom is 0.225 e. The summed E-state index contributed by atoms with van der Waals surface area (Å²) in [6.45, 7) is 10.3. The molecule has 3 rings (SSSR count). The maximum atomic E-state index is 6.24. The van der Waals surface area contributed by atoms with Crippen LogP contribution in [0.4, 0.5) is 5.95 Å². The molecule has 4 nitrogen and oxygen atoms in total. The van der Waals surface area contributed by atoms with Crippen molar-refractivity contribution in [3.05, 3.63) is 41.2 Å². The van der Waals surface area contributed by atoms with E-state index in [1.807, 2.05) is 43.4 Å². The second-order valence-corrected chi connectivity index (χ2v) is 9.42. The largest absolute Gasteiger partial charge is 0.347 e. The van der Waals surface area contributed by atoms with Gasteiger partial charge in [0.15, 0.2) is 0 Å². The summed E-state index contributed by atoms with van der Waals surface area (Å²) < 4.78 is 0. The van der Waals surface area contributed by atoms with Gasteiger partial charge in [-0.25, -0.2) is 9.97 Å². The fourth-order valence-corrected chi connectivity index (χ4v) is 4.02. The Balaban J connectivity index is 1.88. The molecule has 1 aliphatic heterocycles. The van der Waals surface area contributed by atoms with Gasteiger partial charge in [-0.1, -0.05) is 44.5 Å². The number of anilines is 1. The second-order valence-electron chi connectivity index (χ2n) is 8.98. The molecule has 146 valence electrons. The Morgan fingerprint density at radius 1 is 1.19 bits per heavy atom. The standard InChI is InChI=1S/C22H31ClN4/c1-22(2,3)15-27-11-9-16(10-12-27)20-19(14-24-21(25-20)26(4)5)17-7-6-8-18(23)13-17/h6-8,13-14,16H,9-12,15H2,1-5H3. The van der Waals surface area contributed by atoms with Gasteiger partial charge < -0.3 is 9.80 Å². The summed E-state index contributed by atoms with van der Waals surface area (Å²) in [5, 5.41) is 0.745. The predicted octanol–water partition coefficient (Wildman–Crippen LogP) is 5.09. The lowest BCUT2D eigenvalue weighted by Crippen LogP contribution is -2.38. The van der Waals surface area contributed by atoms with E-state index in [0.29, 0.717) is 11.3 Å². The van der Waals surface area contributed by atoms with E-state index in [4.69, 9.17) is 16.6 Å². The average Bonchev–Trinajstić information content (AvgIpc) is 2.60. The average molecular weight is 387 g/mol. The molecule has 0 unspecified atom stereocenters. The number of hydrogen-bond acceptors (Lipinski definition) is 4. The van der Waals surface area contributed by atoms with Crippen molar-refractivity contribution in [3.8, 4) is 11.1 Å². The van der Waals surface area contributed by atoms with Crippen LogP contribution in [0.5, 0.6) is 0 Å². The molecular weight excluding hydrogens is 356 g/mol. The van der Waals surface area contributed by atoms with E-state index in [0.717, 1.165) is 60.3 Å². The molecule has 0 spiro atoms. The summed E-state index contributed by atoms with van der Waals surface area (Å²) in [5.74, 6) is 1.23. The van der Waals surface area contributed by atoms with Gasteiger partial charge in [0, 0.05) is 43.3 Å². The zero-order chi connectivity index (χ0) is 19.6. The molecule has 1 saturated heterocycles. The van der Waals surface area contributed by atoms with E-state index in [1.54, 1.807) is 0 Å². The molecule has 0 saturated carbocycles. The number of aromatic nitrogens is 2. The molecule has 0 atom stereocenters. The molecule has 2 heterocycles. The lowest BCUT2D eigenvalue weighted by atomic mass is 9.87. The molecule has 5 heteroatoms. The summed E-state index contributed by atoms with van der Waals surface area (Å²) in [6.07, 6.45) is 4.23. The van der Waals surface area contributed by atoms with Gasteiger partial charge in [0.25, 0.3) is 0 Å². The first kappa shape index (κ1) is 20.1. The lowest BCUT2D eigenvalue weighted by molar-refractivity contribution is 0.153. The Bertz CT molecular complexity index is 774. The normalized spacial score (nSPS) is 16.5. The van der Waals surface area contributed by atoms with Gasteiger partial charge in [-0.05, 0) is 49.0 Å². The number of likely N-dealkylation sites (tertiary alicyclic amines) is 1. The van der Waals surface area contributed by atoms with Crippen molar-refractivity contribution < 1.29 is 0 Å². The van der Waals surface area contributed by atoms with Gasteiger partial charge in [0.1, 0.15) is 0 Å². The van der Waals surface area contributed by atoms with Gasteiger partial charge >= 0.3 is 0 Å². The molecule has 1 aromatic carbocycles. The zero-order valence-electron chi connectivity index (χ0n) is 17.2. The fourth-order valence-electron chi connectivity index (χ4n) is 3.83. The molecule has 0 aliphatic carbocycles. The minimum Gasteiger partial charge on any atom is -0.347 e. The summed E-state index contributed by atoms with van der Waals surface area (Å²) >= 11 is 6.24. The lowest BCUT2D eigenvalue weighted by Gasteiger charge is -2.36. The first-order valence-electron chi connectivity index (χ1n) is 9.75. The summed E-state index contributed by atoms with van der Waals surface area (Å²) in [6, 6.07) is 8.00. The highest BCUT2D eigenvalue weighted by atomic mass is 35.5. The maximum absolute atomic E-state index is 6.24. The number of hydrogen-bond donors (Lipinski definition) is 0. The zero-order valence-corrected chi connectivity index (χ0v) is 17.9. The Hall–Kier alpha value is -1.65. The van der Waals surface area contributed by atoms with E-state index >= 15 is 0 Å². The number of halogens is 1. The van der Waals surface area contributed by atoms with Crippen LogP contribution in [-0.4, -0.2) is 48.6 Å². The van der Waals surface area contributed by atoms with Crippen molar-refractivity contribution >= 4 is 17.5 Å². The molecule has 1 aromatic heterocycles. The van der Waals surface area contributed by atoms with Crippen LogP contribution >= 0.6 is 11.6 Å². The van der Waals surface area contributed by atoms with Crippen molar-refractivity contribution in [1.29, 1.82) is 0 Å². The highest BCUT2D eigenvalue weighted by Gasteiger charge is 2.27. The number of benzene rings is 1. The highest BCUT2D eigenvalue weighted by Crippen LogP contribution is 2.36. The molecular formula is C22H31ClN4. The van der Waals surface area contributed by atoms with E-state index in [-0.39, 0.29) is 0 Å². The summed E-state index contributed by atoms with van der Waals surface area (Å²) in [4.78, 5) is 14.1. The van der Waals surface area contributed by atoms with Crippen molar-refractivity contribution in [2.24, 2.45) is 5.41 Å². The van der Waals surface area contributed by atoms with E-state index < -0.39 is 0 Å². The third-order valence-corrected chi connectivity index (χ3v) is 5.25. The smallest absolute Gasteiger partial charge is 0.225 e. The number of nitrogens with zero attached hydrogens (tertiary/aromatic N) is 4. The Kier molecular flexibility index (Phi) is 6.07. The molecule has 0 bridgehead atoms.